The van der Waals surface area contributed by atoms with Crippen LogP contribution in [0, 0.1) is 6.92 Å². The van der Waals surface area contributed by atoms with Crippen molar-refractivity contribution in [3.8, 4) is 11.5 Å². The molecular weight excluding hydrogens is 296 g/mol. The maximum absolute atomic E-state index is 12.0. The fourth-order valence-electron chi connectivity index (χ4n) is 2.57. The number of urea groups is 1. The molecule has 6 nitrogen and oxygen atoms in total. The molecule has 23 heavy (non-hydrogen) atoms. The second kappa shape index (κ2) is 6.64. The number of amides is 2. The van der Waals surface area contributed by atoms with Crippen LogP contribution in [0.5, 0.6) is 11.5 Å². The van der Waals surface area contributed by atoms with Gasteiger partial charge in [0.15, 0.2) is 0 Å². The Labute approximate surface area is 134 Å². The molecule has 0 fully saturated rings. The van der Waals surface area contributed by atoms with E-state index in [1.54, 1.807) is 7.11 Å². The standard InChI is InChI=1S/C17H20N2O4/c1-11-3-4-15(23-11)9-18-17(20)19-13-7-12-8-14(21-2)5-6-16(12)22-10-13/h3-6,8,13H,7,9-10H2,1-2H3,(H2,18,19,20)/t13-/m0/s1. The minimum absolute atomic E-state index is 0.0760. The van der Waals surface area contributed by atoms with E-state index in [2.05, 4.69) is 10.6 Å². The minimum Gasteiger partial charge on any atom is -0.497 e. The molecular formula is C17H20N2O4. The Morgan fingerprint density at radius 3 is 2.96 bits per heavy atom. The molecule has 0 aliphatic carbocycles. The highest BCUT2D eigenvalue weighted by Crippen LogP contribution is 2.28. The van der Waals surface area contributed by atoms with Gasteiger partial charge in [0, 0.05) is 0 Å². The first kappa shape index (κ1) is 15.3. The van der Waals surface area contributed by atoms with Gasteiger partial charge in [0.05, 0.1) is 19.7 Å². The fourth-order valence-corrected chi connectivity index (χ4v) is 2.57. The molecule has 122 valence electrons. The lowest BCUT2D eigenvalue weighted by molar-refractivity contribution is 0.213. The van der Waals surface area contributed by atoms with Crippen LogP contribution >= 0.6 is 0 Å². The van der Waals surface area contributed by atoms with Crippen LogP contribution in [0.15, 0.2) is 34.7 Å². The summed E-state index contributed by atoms with van der Waals surface area (Å²) < 4.78 is 16.3. The highest BCUT2D eigenvalue weighted by Gasteiger charge is 2.21. The Morgan fingerprint density at radius 2 is 2.22 bits per heavy atom. The number of hydrogen-bond donors (Lipinski definition) is 2. The zero-order valence-corrected chi connectivity index (χ0v) is 13.2. The summed E-state index contributed by atoms with van der Waals surface area (Å²) >= 11 is 0. The van der Waals surface area contributed by atoms with Gasteiger partial charge < -0.3 is 24.5 Å². The van der Waals surface area contributed by atoms with Crippen molar-refractivity contribution in [3.05, 3.63) is 47.4 Å². The number of carbonyl (C=O) groups excluding carboxylic acids is 1. The summed E-state index contributed by atoms with van der Waals surface area (Å²) in [5, 5.41) is 5.70. The van der Waals surface area contributed by atoms with E-state index in [1.807, 2.05) is 37.3 Å². The molecule has 2 N–H and O–H groups in total. The van der Waals surface area contributed by atoms with Crippen molar-refractivity contribution in [3.63, 3.8) is 0 Å². The van der Waals surface area contributed by atoms with E-state index in [1.165, 1.54) is 0 Å². The van der Waals surface area contributed by atoms with Gasteiger partial charge in [-0.3, -0.25) is 0 Å². The highest BCUT2D eigenvalue weighted by atomic mass is 16.5. The van der Waals surface area contributed by atoms with Gasteiger partial charge in [-0.15, -0.1) is 0 Å². The minimum atomic E-state index is -0.237. The summed E-state index contributed by atoms with van der Waals surface area (Å²) in [6, 6.07) is 9.10. The van der Waals surface area contributed by atoms with Crippen LogP contribution in [0.4, 0.5) is 4.79 Å². The molecule has 2 amide bonds. The average Bonchev–Trinajstić information content (AvgIpc) is 2.97. The Hall–Kier alpha value is -2.63. The maximum atomic E-state index is 12.0. The summed E-state index contributed by atoms with van der Waals surface area (Å²) in [6.07, 6.45) is 0.708. The number of carbonyl (C=O) groups is 1. The summed E-state index contributed by atoms with van der Waals surface area (Å²) in [5.74, 6) is 3.18. The molecule has 0 bridgehead atoms. The van der Waals surface area contributed by atoms with E-state index in [4.69, 9.17) is 13.9 Å². The molecule has 3 rings (SSSR count). The average molecular weight is 316 g/mol. The fraction of sp³-hybridized carbons (Fsp3) is 0.353. The number of furan rings is 1. The monoisotopic (exact) mass is 316 g/mol. The van der Waals surface area contributed by atoms with Crippen LogP contribution in [0.2, 0.25) is 0 Å². The number of ether oxygens (including phenoxy) is 2. The van der Waals surface area contributed by atoms with Crippen LogP contribution in [-0.2, 0) is 13.0 Å². The van der Waals surface area contributed by atoms with E-state index in [9.17, 15) is 4.79 Å². The van der Waals surface area contributed by atoms with Gasteiger partial charge in [0.2, 0.25) is 0 Å². The zero-order valence-electron chi connectivity index (χ0n) is 13.2. The Kier molecular flexibility index (Phi) is 4.41. The lowest BCUT2D eigenvalue weighted by Gasteiger charge is -2.26. The van der Waals surface area contributed by atoms with Crippen molar-refractivity contribution >= 4 is 6.03 Å². The second-order valence-corrected chi connectivity index (χ2v) is 5.53. The largest absolute Gasteiger partial charge is 0.497 e. The first-order chi connectivity index (χ1) is 11.1. The van der Waals surface area contributed by atoms with Crippen molar-refractivity contribution in [2.24, 2.45) is 0 Å². The molecule has 2 aromatic rings. The predicted molar refractivity (Wildman–Crippen MR) is 84.8 cm³/mol. The lowest BCUT2D eigenvalue weighted by atomic mass is 10.0. The maximum Gasteiger partial charge on any atom is 0.315 e. The summed E-state index contributed by atoms with van der Waals surface area (Å²) in [7, 11) is 1.63. The molecule has 6 heteroatoms. The number of rotatable bonds is 4. The van der Waals surface area contributed by atoms with E-state index in [0.29, 0.717) is 19.6 Å². The van der Waals surface area contributed by atoms with Crippen molar-refractivity contribution < 1.29 is 18.7 Å². The van der Waals surface area contributed by atoms with E-state index in [-0.39, 0.29) is 12.1 Å². The number of aryl methyl sites for hydroxylation is 1. The molecule has 1 aromatic carbocycles. The van der Waals surface area contributed by atoms with Gasteiger partial charge in [-0.2, -0.15) is 0 Å². The molecule has 0 saturated heterocycles. The molecule has 1 atom stereocenters. The summed E-state index contributed by atoms with van der Waals surface area (Å²) in [6.45, 7) is 2.68. The third-order valence-electron chi connectivity index (χ3n) is 3.73. The molecule has 0 spiro atoms. The van der Waals surface area contributed by atoms with Gasteiger partial charge in [0.25, 0.3) is 0 Å². The number of methoxy groups -OCH3 is 1. The van der Waals surface area contributed by atoms with Crippen molar-refractivity contribution in [2.45, 2.75) is 25.9 Å². The number of benzene rings is 1. The van der Waals surface area contributed by atoms with Crippen LogP contribution in [-0.4, -0.2) is 25.8 Å². The lowest BCUT2D eigenvalue weighted by Crippen LogP contribution is -2.47. The molecule has 1 aromatic heterocycles. The van der Waals surface area contributed by atoms with Gasteiger partial charge in [0.1, 0.15) is 29.6 Å². The Bertz CT molecular complexity index is 696. The van der Waals surface area contributed by atoms with Crippen LogP contribution in [0.3, 0.4) is 0 Å². The van der Waals surface area contributed by atoms with E-state index in [0.717, 1.165) is 28.6 Å². The molecule has 0 radical (unpaired) electrons. The van der Waals surface area contributed by atoms with Crippen molar-refractivity contribution in [1.29, 1.82) is 0 Å². The molecule has 0 unspecified atom stereocenters. The van der Waals surface area contributed by atoms with E-state index >= 15 is 0 Å². The SMILES string of the molecule is COc1ccc2c(c1)C[C@H](NC(=O)NCc1ccc(C)o1)CO2. The van der Waals surface area contributed by atoms with Gasteiger partial charge in [-0.25, -0.2) is 4.79 Å². The van der Waals surface area contributed by atoms with Gasteiger partial charge >= 0.3 is 6.03 Å². The third-order valence-corrected chi connectivity index (χ3v) is 3.73. The van der Waals surface area contributed by atoms with Crippen molar-refractivity contribution in [2.75, 3.05) is 13.7 Å². The summed E-state index contributed by atoms with van der Waals surface area (Å²) in [4.78, 5) is 12.0. The number of fused-ring (bicyclic) bond motifs is 1. The predicted octanol–water partition coefficient (Wildman–Crippen LogP) is 2.40. The molecule has 1 aliphatic rings. The van der Waals surface area contributed by atoms with Gasteiger partial charge in [-0.1, -0.05) is 0 Å². The first-order valence-corrected chi connectivity index (χ1v) is 7.53. The second-order valence-electron chi connectivity index (χ2n) is 5.53. The normalized spacial score (nSPS) is 16.2. The molecule has 2 heterocycles. The van der Waals surface area contributed by atoms with Crippen molar-refractivity contribution in [1.82, 2.24) is 10.6 Å². The summed E-state index contributed by atoms with van der Waals surface area (Å²) in [5.41, 5.74) is 1.03. The molecule has 0 saturated carbocycles. The zero-order chi connectivity index (χ0) is 16.2. The van der Waals surface area contributed by atoms with Crippen LogP contribution in [0.1, 0.15) is 17.1 Å². The first-order valence-electron chi connectivity index (χ1n) is 7.53. The number of hydrogen-bond acceptors (Lipinski definition) is 4. The van der Waals surface area contributed by atoms with Crippen LogP contribution < -0.4 is 20.1 Å². The highest BCUT2D eigenvalue weighted by molar-refractivity contribution is 5.74. The van der Waals surface area contributed by atoms with Crippen LogP contribution in [0.25, 0.3) is 0 Å². The smallest absolute Gasteiger partial charge is 0.315 e. The Morgan fingerprint density at radius 1 is 1.35 bits per heavy atom. The Balaban J connectivity index is 1.53. The molecule has 1 aliphatic heterocycles. The topological polar surface area (TPSA) is 72.7 Å². The third kappa shape index (κ3) is 3.77. The van der Waals surface area contributed by atoms with Gasteiger partial charge in [-0.05, 0) is 49.2 Å². The van der Waals surface area contributed by atoms with E-state index < -0.39 is 0 Å². The quantitative estimate of drug-likeness (QED) is 0.908. The number of nitrogens with one attached hydrogen (secondary N) is 2.